The monoisotopic (exact) mass is 321 g/mol. The fourth-order valence-electron chi connectivity index (χ4n) is 2.19. The van der Waals surface area contributed by atoms with Gasteiger partial charge in [-0.1, -0.05) is 23.7 Å². The molecule has 0 aliphatic carbocycles. The first-order valence-electron chi connectivity index (χ1n) is 6.75. The lowest BCUT2D eigenvalue weighted by molar-refractivity contribution is -0.115. The van der Waals surface area contributed by atoms with Crippen LogP contribution in [0.2, 0.25) is 5.02 Å². The van der Waals surface area contributed by atoms with Gasteiger partial charge in [0.1, 0.15) is 19.0 Å². The number of anilines is 1. The quantitative estimate of drug-likeness (QED) is 0.942. The number of hydrogen-bond acceptors (Lipinski definition) is 3. The molecule has 1 aliphatic heterocycles. The molecular weight excluding hydrogens is 309 g/mol. The fourth-order valence-corrected chi connectivity index (χ4v) is 2.39. The van der Waals surface area contributed by atoms with Crippen molar-refractivity contribution in [3.63, 3.8) is 0 Å². The highest BCUT2D eigenvalue weighted by Gasteiger charge is 2.16. The highest BCUT2D eigenvalue weighted by molar-refractivity contribution is 6.34. The van der Waals surface area contributed by atoms with Gasteiger partial charge in [0.15, 0.2) is 11.5 Å². The Morgan fingerprint density at radius 2 is 1.91 bits per heavy atom. The van der Waals surface area contributed by atoms with Gasteiger partial charge < -0.3 is 14.8 Å². The molecule has 114 valence electrons. The number of ether oxygens (including phenoxy) is 2. The predicted molar refractivity (Wildman–Crippen MR) is 81.2 cm³/mol. The Morgan fingerprint density at radius 3 is 2.64 bits per heavy atom. The van der Waals surface area contributed by atoms with Gasteiger partial charge in [0.2, 0.25) is 5.91 Å². The molecule has 1 amide bonds. The average molecular weight is 322 g/mol. The number of carbonyl (C=O) groups is 1. The topological polar surface area (TPSA) is 47.6 Å². The second-order valence-electron chi connectivity index (χ2n) is 4.83. The van der Waals surface area contributed by atoms with Crippen LogP contribution in [0.15, 0.2) is 36.4 Å². The number of amides is 1. The van der Waals surface area contributed by atoms with E-state index in [-0.39, 0.29) is 18.1 Å². The van der Waals surface area contributed by atoms with Crippen molar-refractivity contribution in [2.75, 3.05) is 18.5 Å². The van der Waals surface area contributed by atoms with Crippen molar-refractivity contribution < 1.29 is 18.7 Å². The van der Waals surface area contributed by atoms with Crippen molar-refractivity contribution >= 4 is 23.2 Å². The van der Waals surface area contributed by atoms with Crippen molar-refractivity contribution in [3.05, 3.63) is 52.8 Å². The number of carbonyl (C=O) groups excluding carboxylic acids is 1. The van der Waals surface area contributed by atoms with Crippen LogP contribution >= 0.6 is 11.6 Å². The van der Waals surface area contributed by atoms with Gasteiger partial charge in [-0.15, -0.1) is 0 Å². The summed E-state index contributed by atoms with van der Waals surface area (Å²) in [6.45, 7) is 0.917. The summed E-state index contributed by atoms with van der Waals surface area (Å²) in [4.78, 5) is 12.0. The molecule has 4 nitrogen and oxygen atoms in total. The summed E-state index contributed by atoms with van der Waals surface area (Å²) in [7, 11) is 0. The number of hydrogen-bond donors (Lipinski definition) is 1. The summed E-state index contributed by atoms with van der Waals surface area (Å²) in [5.41, 5.74) is 1.03. The Bertz CT molecular complexity index is 721. The van der Waals surface area contributed by atoms with Crippen LogP contribution < -0.4 is 14.8 Å². The van der Waals surface area contributed by atoms with Gasteiger partial charge in [-0.05, 0) is 17.7 Å². The van der Waals surface area contributed by atoms with E-state index in [0.29, 0.717) is 41.0 Å². The molecule has 0 unspecified atom stereocenters. The maximum Gasteiger partial charge on any atom is 0.228 e. The SMILES string of the molecule is O=C(Cc1cccc(F)c1)Nc1cc2c(cc1Cl)OCCO2. The lowest BCUT2D eigenvalue weighted by atomic mass is 10.1. The first-order chi connectivity index (χ1) is 10.6. The molecule has 0 spiro atoms. The largest absolute Gasteiger partial charge is 0.486 e. The van der Waals surface area contributed by atoms with E-state index < -0.39 is 0 Å². The lowest BCUT2D eigenvalue weighted by Gasteiger charge is -2.20. The predicted octanol–water partition coefficient (Wildman–Crippen LogP) is 3.43. The van der Waals surface area contributed by atoms with Crippen LogP contribution in [-0.4, -0.2) is 19.1 Å². The van der Waals surface area contributed by atoms with E-state index >= 15 is 0 Å². The Labute approximate surface area is 131 Å². The van der Waals surface area contributed by atoms with E-state index in [2.05, 4.69) is 5.32 Å². The molecule has 3 rings (SSSR count). The van der Waals surface area contributed by atoms with Crippen LogP contribution in [0.4, 0.5) is 10.1 Å². The summed E-state index contributed by atoms with van der Waals surface area (Å²) in [6, 6.07) is 9.14. The molecule has 2 aromatic carbocycles. The zero-order valence-electron chi connectivity index (χ0n) is 11.6. The average Bonchev–Trinajstić information content (AvgIpc) is 2.48. The number of benzene rings is 2. The van der Waals surface area contributed by atoms with Crippen molar-refractivity contribution in [2.45, 2.75) is 6.42 Å². The van der Waals surface area contributed by atoms with E-state index in [1.165, 1.54) is 12.1 Å². The zero-order chi connectivity index (χ0) is 15.5. The molecule has 0 bridgehead atoms. The smallest absolute Gasteiger partial charge is 0.228 e. The number of halogens is 2. The van der Waals surface area contributed by atoms with Gasteiger partial charge in [-0.3, -0.25) is 4.79 Å². The minimum Gasteiger partial charge on any atom is -0.486 e. The molecule has 6 heteroatoms. The maximum absolute atomic E-state index is 13.1. The van der Waals surface area contributed by atoms with Crippen LogP contribution in [0.25, 0.3) is 0 Å². The molecule has 0 atom stereocenters. The molecule has 1 aliphatic rings. The second-order valence-corrected chi connectivity index (χ2v) is 5.24. The summed E-state index contributed by atoms with van der Waals surface area (Å²) < 4.78 is 24.0. The molecule has 0 saturated carbocycles. The molecular formula is C16H13ClFNO3. The van der Waals surface area contributed by atoms with Crippen molar-refractivity contribution in [2.24, 2.45) is 0 Å². The number of fused-ring (bicyclic) bond motifs is 1. The Balaban J connectivity index is 1.74. The molecule has 0 saturated heterocycles. The van der Waals surface area contributed by atoms with Gasteiger partial charge in [-0.2, -0.15) is 0 Å². The number of nitrogens with one attached hydrogen (secondary N) is 1. The fraction of sp³-hybridized carbons (Fsp3) is 0.188. The minimum absolute atomic E-state index is 0.0581. The highest BCUT2D eigenvalue weighted by atomic mass is 35.5. The van der Waals surface area contributed by atoms with Crippen LogP contribution in [0, 0.1) is 5.82 Å². The summed E-state index contributed by atoms with van der Waals surface area (Å²) in [5, 5.41) is 3.06. The van der Waals surface area contributed by atoms with Crippen molar-refractivity contribution in [1.82, 2.24) is 0 Å². The molecule has 1 heterocycles. The van der Waals surface area contributed by atoms with Crippen LogP contribution in [-0.2, 0) is 11.2 Å². The third-order valence-electron chi connectivity index (χ3n) is 3.16. The molecule has 1 N–H and O–H groups in total. The van der Waals surface area contributed by atoms with Gasteiger partial charge in [-0.25, -0.2) is 4.39 Å². The van der Waals surface area contributed by atoms with Crippen molar-refractivity contribution in [3.8, 4) is 11.5 Å². The molecule has 0 aromatic heterocycles. The van der Waals surface area contributed by atoms with E-state index in [4.69, 9.17) is 21.1 Å². The van der Waals surface area contributed by atoms with Crippen molar-refractivity contribution in [1.29, 1.82) is 0 Å². The third kappa shape index (κ3) is 3.31. The lowest BCUT2D eigenvalue weighted by Crippen LogP contribution is -2.17. The van der Waals surface area contributed by atoms with E-state index in [9.17, 15) is 9.18 Å². The van der Waals surface area contributed by atoms with Gasteiger partial charge in [0.25, 0.3) is 0 Å². The maximum atomic E-state index is 13.1. The molecule has 2 aromatic rings. The number of rotatable bonds is 3. The van der Waals surface area contributed by atoms with E-state index in [0.717, 1.165) is 0 Å². The molecule has 22 heavy (non-hydrogen) atoms. The normalized spacial score (nSPS) is 12.8. The van der Waals surface area contributed by atoms with Gasteiger partial charge >= 0.3 is 0 Å². The van der Waals surface area contributed by atoms with E-state index in [1.54, 1.807) is 24.3 Å². The first-order valence-corrected chi connectivity index (χ1v) is 7.13. The summed E-state index contributed by atoms with van der Waals surface area (Å²) in [5.74, 6) is 0.433. The first kappa shape index (κ1) is 14.7. The summed E-state index contributed by atoms with van der Waals surface area (Å²) >= 11 is 6.12. The Morgan fingerprint density at radius 1 is 1.18 bits per heavy atom. The standard InChI is InChI=1S/C16H13ClFNO3/c17-12-8-14-15(22-5-4-21-14)9-13(12)19-16(20)7-10-2-1-3-11(18)6-10/h1-3,6,8-9H,4-5,7H2,(H,19,20). The second kappa shape index (κ2) is 6.23. The van der Waals surface area contributed by atoms with Crippen LogP contribution in [0.5, 0.6) is 11.5 Å². The molecule has 0 radical (unpaired) electrons. The van der Waals surface area contributed by atoms with E-state index in [1.807, 2.05) is 0 Å². The minimum atomic E-state index is -0.373. The van der Waals surface area contributed by atoms with Gasteiger partial charge in [0, 0.05) is 12.1 Å². The third-order valence-corrected chi connectivity index (χ3v) is 3.47. The zero-order valence-corrected chi connectivity index (χ0v) is 12.3. The van der Waals surface area contributed by atoms with Gasteiger partial charge in [0.05, 0.1) is 17.1 Å². The molecule has 0 fully saturated rings. The summed E-state index contributed by atoms with van der Waals surface area (Å²) in [6.07, 6.45) is 0.0581. The van der Waals surface area contributed by atoms with Crippen LogP contribution in [0.3, 0.4) is 0 Å². The Kier molecular flexibility index (Phi) is 4.15. The Hall–Kier alpha value is -2.27. The highest BCUT2D eigenvalue weighted by Crippen LogP contribution is 2.37. The van der Waals surface area contributed by atoms with Crippen LogP contribution in [0.1, 0.15) is 5.56 Å².